The summed E-state index contributed by atoms with van der Waals surface area (Å²) in [4.78, 5) is 14.9. The summed E-state index contributed by atoms with van der Waals surface area (Å²) in [5.41, 5.74) is 0. The average Bonchev–Trinajstić information content (AvgIpc) is 3.01. The molecular formula is C16H26N2O. The molecule has 19 heavy (non-hydrogen) atoms. The molecule has 3 saturated carbocycles. The van der Waals surface area contributed by atoms with E-state index in [1.165, 1.54) is 32.1 Å². The highest BCUT2D eigenvalue weighted by molar-refractivity contribution is 5.83. The van der Waals surface area contributed by atoms with E-state index in [0.717, 1.165) is 43.2 Å². The zero-order valence-electron chi connectivity index (χ0n) is 12.0. The Balaban J connectivity index is 1.41. The minimum Gasteiger partial charge on any atom is -0.342 e. The minimum absolute atomic E-state index is 0.424. The van der Waals surface area contributed by atoms with Crippen molar-refractivity contribution in [1.29, 1.82) is 0 Å². The van der Waals surface area contributed by atoms with Gasteiger partial charge in [-0.25, -0.2) is 0 Å². The number of hydrogen-bond donors (Lipinski definition) is 1. The Hall–Kier alpha value is -0.570. The maximum absolute atomic E-state index is 12.8. The second-order valence-corrected chi connectivity index (χ2v) is 7.30. The fourth-order valence-corrected chi connectivity index (χ4v) is 5.46. The Kier molecular flexibility index (Phi) is 2.87. The van der Waals surface area contributed by atoms with Crippen molar-refractivity contribution in [2.45, 2.75) is 44.6 Å². The summed E-state index contributed by atoms with van der Waals surface area (Å²) in [6.45, 7) is 2.20. The summed E-state index contributed by atoms with van der Waals surface area (Å²) < 4.78 is 0. The highest BCUT2D eigenvalue weighted by Crippen LogP contribution is 2.69. The van der Waals surface area contributed by atoms with E-state index in [-0.39, 0.29) is 0 Å². The molecule has 5 atom stereocenters. The Morgan fingerprint density at radius 2 is 1.79 bits per heavy atom. The van der Waals surface area contributed by atoms with Gasteiger partial charge >= 0.3 is 0 Å². The second kappa shape index (κ2) is 4.47. The van der Waals surface area contributed by atoms with E-state index < -0.39 is 0 Å². The van der Waals surface area contributed by atoms with E-state index >= 15 is 0 Å². The van der Waals surface area contributed by atoms with E-state index in [0.29, 0.717) is 17.9 Å². The maximum Gasteiger partial charge on any atom is 0.226 e. The molecule has 0 radical (unpaired) electrons. The predicted molar refractivity (Wildman–Crippen MR) is 74.6 cm³/mol. The standard InChI is InChI=1S/C16H26N2O/c1-18(12-3-2-7-17-8-6-12)16(19)15-13-10-4-5-11(9-10)14(13)15/h10-15,17H,2-9H2,1H3. The molecule has 3 aliphatic carbocycles. The fourth-order valence-electron chi connectivity index (χ4n) is 5.46. The molecule has 4 rings (SSSR count). The van der Waals surface area contributed by atoms with Crippen LogP contribution in [0.4, 0.5) is 0 Å². The molecule has 1 amide bonds. The van der Waals surface area contributed by atoms with Gasteiger partial charge in [-0.2, -0.15) is 0 Å². The zero-order valence-corrected chi connectivity index (χ0v) is 12.0. The molecule has 3 heteroatoms. The van der Waals surface area contributed by atoms with Gasteiger partial charge < -0.3 is 10.2 Å². The van der Waals surface area contributed by atoms with Crippen LogP contribution < -0.4 is 5.32 Å². The van der Waals surface area contributed by atoms with Crippen LogP contribution >= 0.6 is 0 Å². The number of rotatable bonds is 2. The number of carbonyl (C=O) groups is 1. The summed E-state index contributed by atoms with van der Waals surface area (Å²) in [6.07, 6.45) is 7.79. The first kappa shape index (κ1) is 12.2. The van der Waals surface area contributed by atoms with Crippen molar-refractivity contribution in [3.63, 3.8) is 0 Å². The van der Waals surface area contributed by atoms with Crippen molar-refractivity contribution in [3.05, 3.63) is 0 Å². The fraction of sp³-hybridized carbons (Fsp3) is 0.938. The lowest BCUT2D eigenvalue weighted by atomic mass is 10.0. The van der Waals surface area contributed by atoms with Crippen molar-refractivity contribution < 1.29 is 4.79 Å². The second-order valence-electron chi connectivity index (χ2n) is 7.30. The molecule has 1 saturated heterocycles. The Morgan fingerprint density at radius 3 is 2.53 bits per heavy atom. The van der Waals surface area contributed by atoms with Gasteiger partial charge in [-0.15, -0.1) is 0 Å². The monoisotopic (exact) mass is 262 g/mol. The molecule has 1 heterocycles. The topological polar surface area (TPSA) is 32.3 Å². The maximum atomic E-state index is 12.8. The average molecular weight is 262 g/mol. The molecule has 5 unspecified atom stereocenters. The van der Waals surface area contributed by atoms with Crippen LogP contribution in [0.15, 0.2) is 0 Å². The van der Waals surface area contributed by atoms with Crippen LogP contribution in [0.1, 0.15) is 38.5 Å². The van der Waals surface area contributed by atoms with Gasteiger partial charge in [0.2, 0.25) is 5.91 Å². The van der Waals surface area contributed by atoms with Crippen LogP contribution in [-0.2, 0) is 4.79 Å². The Morgan fingerprint density at radius 1 is 1.05 bits per heavy atom. The minimum atomic E-state index is 0.424. The van der Waals surface area contributed by atoms with Gasteiger partial charge in [0.1, 0.15) is 0 Å². The van der Waals surface area contributed by atoms with Gasteiger partial charge in [0.15, 0.2) is 0 Å². The highest BCUT2D eigenvalue weighted by atomic mass is 16.2. The van der Waals surface area contributed by atoms with Crippen molar-refractivity contribution in [2.75, 3.05) is 20.1 Å². The normalized spacial score (nSPS) is 47.6. The quantitative estimate of drug-likeness (QED) is 0.824. The first-order valence-electron chi connectivity index (χ1n) is 8.25. The van der Waals surface area contributed by atoms with Gasteiger partial charge in [-0.3, -0.25) is 4.79 Å². The molecular weight excluding hydrogens is 236 g/mol. The molecule has 0 spiro atoms. The first-order valence-corrected chi connectivity index (χ1v) is 8.25. The van der Waals surface area contributed by atoms with Crippen LogP contribution in [0.2, 0.25) is 0 Å². The first-order chi connectivity index (χ1) is 9.27. The molecule has 2 bridgehead atoms. The molecule has 4 aliphatic rings. The molecule has 3 nitrogen and oxygen atoms in total. The third-order valence-corrected chi connectivity index (χ3v) is 6.46. The number of fused-ring (bicyclic) bond motifs is 5. The summed E-state index contributed by atoms with van der Waals surface area (Å²) in [7, 11) is 2.06. The van der Waals surface area contributed by atoms with E-state index in [1.54, 1.807) is 0 Å². The van der Waals surface area contributed by atoms with Crippen molar-refractivity contribution in [2.24, 2.45) is 29.6 Å². The summed E-state index contributed by atoms with van der Waals surface area (Å²) >= 11 is 0. The van der Waals surface area contributed by atoms with Crippen LogP contribution in [0, 0.1) is 29.6 Å². The van der Waals surface area contributed by atoms with Crippen LogP contribution in [0.5, 0.6) is 0 Å². The van der Waals surface area contributed by atoms with Gasteiger partial charge in [0.25, 0.3) is 0 Å². The molecule has 1 aliphatic heterocycles. The lowest BCUT2D eigenvalue weighted by molar-refractivity contribution is -0.134. The molecule has 0 aromatic carbocycles. The predicted octanol–water partition coefficient (Wildman–Crippen LogP) is 1.88. The molecule has 106 valence electrons. The van der Waals surface area contributed by atoms with E-state index in [2.05, 4.69) is 17.3 Å². The molecule has 0 aromatic rings. The van der Waals surface area contributed by atoms with Gasteiger partial charge in [-0.05, 0) is 75.3 Å². The number of amides is 1. The van der Waals surface area contributed by atoms with Crippen LogP contribution in [0.3, 0.4) is 0 Å². The highest BCUT2D eigenvalue weighted by Gasteiger charge is 2.67. The number of nitrogens with one attached hydrogen (secondary N) is 1. The lowest BCUT2D eigenvalue weighted by Gasteiger charge is -2.28. The summed E-state index contributed by atoms with van der Waals surface area (Å²) in [5.74, 6) is 4.31. The van der Waals surface area contributed by atoms with Gasteiger partial charge in [-0.1, -0.05) is 0 Å². The molecule has 1 N–H and O–H groups in total. The molecule has 4 fully saturated rings. The van der Waals surface area contributed by atoms with E-state index in [4.69, 9.17) is 0 Å². The van der Waals surface area contributed by atoms with Crippen molar-refractivity contribution >= 4 is 5.91 Å². The number of carbonyl (C=O) groups excluding carboxylic acids is 1. The third kappa shape index (κ3) is 1.84. The zero-order chi connectivity index (χ0) is 13.0. The van der Waals surface area contributed by atoms with E-state index in [9.17, 15) is 4.79 Å². The summed E-state index contributed by atoms with van der Waals surface area (Å²) in [5, 5.41) is 3.44. The van der Waals surface area contributed by atoms with Gasteiger partial charge in [0, 0.05) is 19.0 Å². The van der Waals surface area contributed by atoms with Crippen molar-refractivity contribution in [3.8, 4) is 0 Å². The number of nitrogens with zero attached hydrogens (tertiary/aromatic N) is 1. The van der Waals surface area contributed by atoms with Crippen LogP contribution in [0.25, 0.3) is 0 Å². The van der Waals surface area contributed by atoms with Crippen LogP contribution in [-0.4, -0.2) is 37.0 Å². The largest absolute Gasteiger partial charge is 0.342 e. The van der Waals surface area contributed by atoms with Gasteiger partial charge in [0.05, 0.1) is 0 Å². The van der Waals surface area contributed by atoms with E-state index in [1.807, 2.05) is 0 Å². The third-order valence-electron chi connectivity index (χ3n) is 6.46. The smallest absolute Gasteiger partial charge is 0.226 e. The van der Waals surface area contributed by atoms with Crippen molar-refractivity contribution in [1.82, 2.24) is 10.2 Å². The number of hydrogen-bond acceptors (Lipinski definition) is 2. The molecule has 0 aromatic heterocycles. The lowest BCUT2D eigenvalue weighted by Crippen LogP contribution is -2.39. The summed E-state index contributed by atoms with van der Waals surface area (Å²) in [6, 6.07) is 0.487. The SMILES string of the molecule is CN(C(=O)C1C2C3CCC(C3)C12)C1CCCNCC1. The Labute approximate surface area is 116 Å². The Bertz CT molecular complexity index is 359.